The first-order valence-corrected chi connectivity index (χ1v) is 10.7. The predicted molar refractivity (Wildman–Crippen MR) is 111 cm³/mol. The fraction of sp³-hybridized carbons (Fsp3) is 0.800. The SMILES string of the molecule is COC(=O)C(C)NC(=O)C(CC1CCCCC1)NC(=O)NC(CCCCN)C(=O)O. The normalized spacial score (nSPS) is 17.3. The van der Waals surface area contributed by atoms with Gasteiger partial charge in [0.1, 0.15) is 18.1 Å². The molecule has 1 aliphatic carbocycles. The number of unbranched alkanes of at least 4 members (excludes halogenated alkanes) is 1. The third-order valence-electron chi connectivity index (χ3n) is 5.38. The van der Waals surface area contributed by atoms with Gasteiger partial charge < -0.3 is 31.5 Å². The molecule has 0 saturated heterocycles. The van der Waals surface area contributed by atoms with E-state index in [1.165, 1.54) is 14.0 Å². The van der Waals surface area contributed by atoms with E-state index in [0.29, 0.717) is 25.8 Å². The van der Waals surface area contributed by atoms with Crippen LogP contribution in [0.4, 0.5) is 4.79 Å². The second-order valence-corrected chi connectivity index (χ2v) is 7.84. The summed E-state index contributed by atoms with van der Waals surface area (Å²) in [6.45, 7) is 1.94. The third-order valence-corrected chi connectivity index (χ3v) is 5.38. The molecule has 1 aliphatic rings. The molecule has 0 heterocycles. The Balaban J connectivity index is 2.76. The summed E-state index contributed by atoms with van der Waals surface area (Å²) in [6.07, 6.45) is 7.15. The van der Waals surface area contributed by atoms with E-state index >= 15 is 0 Å². The summed E-state index contributed by atoms with van der Waals surface area (Å²) in [6, 6.07) is -3.52. The third kappa shape index (κ3) is 9.43. The maximum Gasteiger partial charge on any atom is 0.328 e. The highest BCUT2D eigenvalue weighted by molar-refractivity contribution is 5.91. The van der Waals surface area contributed by atoms with Crippen LogP contribution in [-0.2, 0) is 19.1 Å². The lowest BCUT2D eigenvalue weighted by molar-refractivity contribution is -0.144. The molecular formula is C20H36N4O6. The lowest BCUT2D eigenvalue weighted by Crippen LogP contribution is -2.55. The Bertz CT molecular complexity index is 580. The minimum absolute atomic E-state index is 0.249. The number of nitrogens with two attached hydrogens (primary N) is 1. The second-order valence-electron chi connectivity index (χ2n) is 7.84. The van der Waals surface area contributed by atoms with Crippen molar-refractivity contribution < 1.29 is 29.0 Å². The summed E-state index contributed by atoms with van der Waals surface area (Å²) in [5.41, 5.74) is 5.43. The van der Waals surface area contributed by atoms with Crippen LogP contribution in [0.1, 0.15) is 64.7 Å². The van der Waals surface area contributed by atoms with Gasteiger partial charge in [0.2, 0.25) is 5.91 Å². The standard InChI is InChI=1S/C20H36N4O6/c1-13(19(28)30-2)22-17(25)16(12-14-8-4-3-5-9-14)24-20(29)23-15(18(26)27)10-6-7-11-21/h13-16H,3-12,21H2,1-2H3,(H,22,25)(H,26,27)(H2,23,24,29). The molecule has 3 amide bonds. The van der Waals surface area contributed by atoms with Crippen molar-refractivity contribution in [2.45, 2.75) is 82.8 Å². The molecule has 0 radical (unpaired) electrons. The number of ether oxygens (including phenoxy) is 1. The fourth-order valence-corrected chi connectivity index (χ4v) is 3.65. The molecule has 1 rings (SSSR count). The maximum absolute atomic E-state index is 12.7. The number of nitrogens with one attached hydrogen (secondary N) is 3. The number of carboxylic acid groups (broad SMARTS) is 1. The molecule has 0 aliphatic heterocycles. The van der Waals surface area contributed by atoms with Crippen LogP contribution in [0.15, 0.2) is 0 Å². The number of esters is 1. The van der Waals surface area contributed by atoms with Crippen LogP contribution in [0.5, 0.6) is 0 Å². The van der Waals surface area contributed by atoms with Gasteiger partial charge in [-0.3, -0.25) is 4.79 Å². The van der Waals surface area contributed by atoms with Crippen LogP contribution in [0.2, 0.25) is 0 Å². The number of carbonyl (C=O) groups excluding carboxylic acids is 3. The highest BCUT2D eigenvalue weighted by atomic mass is 16.5. The molecule has 172 valence electrons. The van der Waals surface area contributed by atoms with E-state index < -0.39 is 42.0 Å². The molecule has 0 aromatic carbocycles. The first kappa shape index (κ1) is 25.7. The van der Waals surface area contributed by atoms with Crippen LogP contribution in [0, 0.1) is 5.92 Å². The van der Waals surface area contributed by atoms with Crippen molar-refractivity contribution in [2.75, 3.05) is 13.7 Å². The van der Waals surface area contributed by atoms with Crippen LogP contribution >= 0.6 is 0 Å². The molecule has 0 bridgehead atoms. The minimum Gasteiger partial charge on any atom is -0.480 e. The van der Waals surface area contributed by atoms with Gasteiger partial charge in [-0.1, -0.05) is 32.1 Å². The number of amides is 3. The zero-order valence-corrected chi connectivity index (χ0v) is 17.9. The summed E-state index contributed by atoms with van der Waals surface area (Å²) in [4.78, 5) is 48.2. The summed E-state index contributed by atoms with van der Waals surface area (Å²) >= 11 is 0. The Morgan fingerprint density at radius 3 is 2.23 bits per heavy atom. The Morgan fingerprint density at radius 2 is 1.67 bits per heavy atom. The number of carbonyl (C=O) groups is 4. The van der Waals surface area contributed by atoms with Crippen molar-refractivity contribution in [3.05, 3.63) is 0 Å². The van der Waals surface area contributed by atoms with Gasteiger partial charge in [-0.25, -0.2) is 14.4 Å². The molecular weight excluding hydrogens is 392 g/mol. The number of methoxy groups -OCH3 is 1. The van der Waals surface area contributed by atoms with Gasteiger partial charge in [0.15, 0.2) is 0 Å². The number of aliphatic carboxylic acids is 1. The molecule has 3 atom stereocenters. The molecule has 0 aromatic heterocycles. The molecule has 1 saturated carbocycles. The van der Waals surface area contributed by atoms with Gasteiger partial charge in [-0.15, -0.1) is 0 Å². The fourth-order valence-electron chi connectivity index (χ4n) is 3.65. The van der Waals surface area contributed by atoms with E-state index in [2.05, 4.69) is 20.7 Å². The number of rotatable bonds is 12. The average molecular weight is 429 g/mol. The summed E-state index contributed by atoms with van der Waals surface area (Å²) in [7, 11) is 1.23. The molecule has 10 nitrogen and oxygen atoms in total. The molecule has 6 N–H and O–H groups in total. The zero-order chi connectivity index (χ0) is 22.5. The summed E-state index contributed by atoms with van der Waals surface area (Å²) < 4.78 is 4.62. The van der Waals surface area contributed by atoms with Crippen molar-refractivity contribution in [2.24, 2.45) is 11.7 Å². The van der Waals surface area contributed by atoms with E-state index in [9.17, 15) is 24.3 Å². The lowest BCUT2D eigenvalue weighted by Gasteiger charge is -2.27. The number of urea groups is 1. The van der Waals surface area contributed by atoms with Crippen molar-refractivity contribution >= 4 is 23.9 Å². The zero-order valence-electron chi connectivity index (χ0n) is 17.9. The van der Waals surface area contributed by atoms with Crippen LogP contribution in [-0.4, -0.2) is 60.8 Å². The van der Waals surface area contributed by atoms with Gasteiger partial charge in [0, 0.05) is 0 Å². The Labute approximate surface area is 177 Å². The van der Waals surface area contributed by atoms with E-state index in [4.69, 9.17) is 5.73 Å². The summed E-state index contributed by atoms with van der Waals surface area (Å²) in [5, 5.41) is 16.9. The Morgan fingerprint density at radius 1 is 1.03 bits per heavy atom. The Kier molecular flexibility index (Phi) is 11.8. The minimum atomic E-state index is -1.14. The van der Waals surface area contributed by atoms with Crippen molar-refractivity contribution in [1.29, 1.82) is 0 Å². The van der Waals surface area contributed by atoms with Crippen LogP contribution in [0.25, 0.3) is 0 Å². The summed E-state index contributed by atoms with van der Waals surface area (Å²) in [5.74, 6) is -1.95. The average Bonchev–Trinajstić information content (AvgIpc) is 2.72. The van der Waals surface area contributed by atoms with Crippen molar-refractivity contribution in [1.82, 2.24) is 16.0 Å². The van der Waals surface area contributed by atoms with Crippen LogP contribution in [0.3, 0.4) is 0 Å². The molecule has 1 fully saturated rings. The van der Waals surface area contributed by atoms with E-state index in [0.717, 1.165) is 32.1 Å². The molecule has 0 spiro atoms. The van der Waals surface area contributed by atoms with Crippen LogP contribution < -0.4 is 21.7 Å². The monoisotopic (exact) mass is 428 g/mol. The molecule has 3 unspecified atom stereocenters. The van der Waals surface area contributed by atoms with Gasteiger partial charge in [-0.2, -0.15) is 0 Å². The Hall–Kier alpha value is -2.36. The van der Waals surface area contributed by atoms with Gasteiger partial charge in [-0.05, 0) is 45.1 Å². The molecule has 30 heavy (non-hydrogen) atoms. The van der Waals surface area contributed by atoms with Crippen molar-refractivity contribution in [3.63, 3.8) is 0 Å². The maximum atomic E-state index is 12.7. The van der Waals surface area contributed by atoms with E-state index in [1.807, 2.05) is 0 Å². The first-order chi connectivity index (χ1) is 14.3. The van der Waals surface area contributed by atoms with E-state index in [-0.39, 0.29) is 12.3 Å². The first-order valence-electron chi connectivity index (χ1n) is 10.7. The van der Waals surface area contributed by atoms with Gasteiger partial charge in [0.25, 0.3) is 0 Å². The largest absolute Gasteiger partial charge is 0.480 e. The number of carboxylic acids is 1. The lowest BCUT2D eigenvalue weighted by atomic mass is 9.84. The predicted octanol–water partition coefficient (Wildman–Crippen LogP) is 0.885. The number of hydrogen-bond acceptors (Lipinski definition) is 6. The van der Waals surface area contributed by atoms with E-state index in [1.54, 1.807) is 0 Å². The highest BCUT2D eigenvalue weighted by Gasteiger charge is 2.29. The second kappa shape index (κ2) is 13.8. The topological polar surface area (TPSA) is 160 Å². The van der Waals surface area contributed by atoms with Gasteiger partial charge >= 0.3 is 18.0 Å². The quantitative estimate of drug-likeness (QED) is 0.228. The number of hydrogen-bond donors (Lipinski definition) is 5. The smallest absolute Gasteiger partial charge is 0.328 e. The molecule has 0 aromatic rings. The van der Waals surface area contributed by atoms with Crippen molar-refractivity contribution in [3.8, 4) is 0 Å². The highest BCUT2D eigenvalue weighted by Crippen LogP contribution is 2.27. The van der Waals surface area contributed by atoms with Gasteiger partial charge in [0.05, 0.1) is 7.11 Å². The molecule has 10 heteroatoms.